The number of sulfonamides is 1. The normalized spacial score (nSPS) is 19.3. The van der Waals surface area contributed by atoms with Crippen LogP contribution >= 0.6 is 0 Å². The topological polar surface area (TPSA) is 86.8 Å². The van der Waals surface area contributed by atoms with Gasteiger partial charge in [-0.1, -0.05) is 69.7 Å². The van der Waals surface area contributed by atoms with Crippen LogP contribution in [0.4, 0.5) is 0 Å². The first kappa shape index (κ1) is 25.9. The summed E-state index contributed by atoms with van der Waals surface area (Å²) in [5.74, 6) is -0.819. The molecule has 0 saturated carbocycles. The molecule has 2 aromatic carbocycles. The highest BCUT2D eigenvalue weighted by atomic mass is 32.2. The van der Waals surface area contributed by atoms with E-state index in [1.54, 1.807) is 56.0 Å². The summed E-state index contributed by atoms with van der Waals surface area (Å²) in [5.41, 5.74) is 2.20. The van der Waals surface area contributed by atoms with Crippen molar-refractivity contribution in [2.45, 2.75) is 64.1 Å². The smallest absolute Gasteiger partial charge is 0.244 e. The molecule has 8 heteroatoms. The van der Waals surface area contributed by atoms with E-state index in [1.165, 1.54) is 9.87 Å². The lowest BCUT2D eigenvalue weighted by Gasteiger charge is -2.44. The van der Waals surface area contributed by atoms with Gasteiger partial charge in [-0.05, 0) is 36.6 Å². The molecule has 2 aromatic rings. The molecule has 2 amide bonds. The lowest BCUT2D eigenvalue weighted by Crippen LogP contribution is -2.65. The van der Waals surface area contributed by atoms with Crippen LogP contribution in [0.5, 0.6) is 0 Å². The molecule has 0 aliphatic carbocycles. The molecule has 184 valence electrons. The third kappa shape index (κ3) is 5.85. The Labute approximate surface area is 203 Å². The number of carbonyl (C=O) groups excluding carboxylic acids is 2. The summed E-state index contributed by atoms with van der Waals surface area (Å²) in [6.45, 7) is 7.86. The van der Waals surface area contributed by atoms with Crippen molar-refractivity contribution in [1.82, 2.24) is 14.5 Å². The lowest BCUT2D eigenvalue weighted by atomic mass is 10.0. The molecular weight excluding hydrogens is 450 g/mol. The predicted molar refractivity (Wildman–Crippen MR) is 132 cm³/mol. The fraction of sp³-hybridized carbons (Fsp3) is 0.462. The van der Waals surface area contributed by atoms with E-state index in [4.69, 9.17) is 0 Å². The van der Waals surface area contributed by atoms with E-state index in [2.05, 4.69) is 24.4 Å². The Bertz CT molecular complexity index is 1080. The minimum Gasteiger partial charge on any atom is -0.350 e. The van der Waals surface area contributed by atoms with Gasteiger partial charge < -0.3 is 10.2 Å². The van der Waals surface area contributed by atoms with Gasteiger partial charge in [-0.3, -0.25) is 9.59 Å². The molecule has 1 fully saturated rings. The van der Waals surface area contributed by atoms with Crippen molar-refractivity contribution in [1.29, 1.82) is 0 Å². The lowest BCUT2D eigenvalue weighted by molar-refractivity contribution is -0.148. The maximum atomic E-state index is 13.3. The van der Waals surface area contributed by atoms with Crippen molar-refractivity contribution in [3.05, 3.63) is 65.7 Å². The van der Waals surface area contributed by atoms with Gasteiger partial charge in [-0.25, -0.2) is 8.42 Å². The Morgan fingerprint density at radius 1 is 1.00 bits per heavy atom. The molecule has 0 spiro atoms. The SMILES string of the molecule is CCCc1ccc(CNC(=O)[C@H]2CN(S(=O)(=O)c3ccccc3)C[C@@H](C)N2C(=O)C(C)C)cc1. The Hall–Kier alpha value is -2.71. The highest BCUT2D eigenvalue weighted by Crippen LogP contribution is 2.25. The van der Waals surface area contributed by atoms with Crippen LogP contribution < -0.4 is 5.32 Å². The molecule has 1 aliphatic rings. The molecule has 0 unspecified atom stereocenters. The van der Waals surface area contributed by atoms with E-state index in [0.717, 1.165) is 18.4 Å². The number of benzene rings is 2. The van der Waals surface area contributed by atoms with E-state index in [0.29, 0.717) is 6.54 Å². The zero-order valence-electron chi connectivity index (χ0n) is 20.4. The van der Waals surface area contributed by atoms with E-state index < -0.39 is 22.1 Å². The monoisotopic (exact) mass is 485 g/mol. The molecule has 2 atom stereocenters. The number of nitrogens with one attached hydrogen (secondary N) is 1. The summed E-state index contributed by atoms with van der Waals surface area (Å²) in [5, 5.41) is 2.92. The van der Waals surface area contributed by atoms with Gasteiger partial charge in [0.25, 0.3) is 0 Å². The summed E-state index contributed by atoms with van der Waals surface area (Å²) in [4.78, 5) is 28.0. The third-order valence-corrected chi connectivity index (χ3v) is 7.96. The van der Waals surface area contributed by atoms with E-state index in [1.807, 2.05) is 12.1 Å². The quantitative estimate of drug-likeness (QED) is 0.622. The molecule has 0 aromatic heterocycles. The Balaban J connectivity index is 1.81. The number of nitrogens with zero attached hydrogens (tertiary/aromatic N) is 2. The zero-order valence-corrected chi connectivity index (χ0v) is 21.2. The van der Waals surface area contributed by atoms with Crippen molar-refractivity contribution >= 4 is 21.8 Å². The van der Waals surface area contributed by atoms with Crippen molar-refractivity contribution < 1.29 is 18.0 Å². The van der Waals surface area contributed by atoms with Crippen LogP contribution in [0.25, 0.3) is 0 Å². The molecule has 3 rings (SSSR count). The molecule has 0 bridgehead atoms. The van der Waals surface area contributed by atoms with Crippen molar-refractivity contribution in [3.8, 4) is 0 Å². The van der Waals surface area contributed by atoms with Gasteiger partial charge in [0.2, 0.25) is 21.8 Å². The van der Waals surface area contributed by atoms with Gasteiger partial charge >= 0.3 is 0 Å². The number of piperazine rings is 1. The van der Waals surface area contributed by atoms with Crippen LogP contribution in [0.2, 0.25) is 0 Å². The number of aryl methyl sites for hydroxylation is 1. The standard InChI is InChI=1S/C26H35N3O4S/c1-5-9-21-12-14-22(15-13-21)16-27-25(30)24-18-28(17-20(4)29(24)26(31)19(2)3)34(32,33)23-10-7-6-8-11-23/h6-8,10-15,19-20,24H,5,9,16-18H2,1-4H3,(H,27,30)/t20-,24-/m1/s1. The second-order valence-corrected chi connectivity index (χ2v) is 11.1. The fourth-order valence-electron chi connectivity index (χ4n) is 4.28. The molecule has 1 heterocycles. The van der Waals surface area contributed by atoms with Crippen LogP contribution in [-0.4, -0.2) is 54.6 Å². The van der Waals surface area contributed by atoms with Gasteiger partial charge in [0.05, 0.1) is 4.90 Å². The number of carbonyl (C=O) groups is 2. The fourth-order valence-corrected chi connectivity index (χ4v) is 5.83. The van der Waals surface area contributed by atoms with Gasteiger partial charge in [0.1, 0.15) is 6.04 Å². The summed E-state index contributed by atoms with van der Waals surface area (Å²) in [6.07, 6.45) is 2.07. The predicted octanol–water partition coefficient (Wildman–Crippen LogP) is 3.20. The summed E-state index contributed by atoms with van der Waals surface area (Å²) in [7, 11) is -3.79. The summed E-state index contributed by atoms with van der Waals surface area (Å²) >= 11 is 0. The van der Waals surface area contributed by atoms with E-state index in [-0.39, 0.29) is 35.7 Å². The van der Waals surface area contributed by atoms with E-state index >= 15 is 0 Å². The number of rotatable bonds is 8. The first-order chi connectivity index (χ1) is 16.1. The van der Waals surface area contributed by atoms with Gasteiger partial charge in [-0.15, -0.1) is 0 Å². The molecule has 1 N–H and O–H groups in total. The van der Waals surface area contributed by atoms with Crippen LogP contribution in [0.3, 0.4) is 0 Å². The minimum atomic E-state index is -3.79. The van der Waals surface area contributed by atoms with Crippen LogP contribution in [-0.2, 0) is 32.6 Å². The average molecular weight is 486 g/mol. The van der Waals surface area contributed by atoms with E-state index in [9.17, 15) is 18.0 Å². The first-order valence-corrected chi connectivity index (χ1v) is 13.3. The average Bonchev–Trinajstić information content (AvgIpc) is 2.83. The number of hydrogen-bond donors (Lipinski definition) is 1. The largest absolute Gasteiger partial charge is 0.350 e. The second-order valence-electron chi connectivity index (χ2n) is 9.18. The molecule has 1 aliphatic heterocycles. The summed E-state index contributed by atoms with van der Waals surface area (Å²) in [6, 6.07) is 14.9. The van der Waals surface area contributed by atoms with Crippen LogP contribution in [0.1, 0.15) is 45.2 Å². The molecule has 1 saturated heterocycles. The zero-order chi connectivity index (χ0) is 24.9. The van der Waals surface area contributed by atoms with Gasteiger partial charge in [0.15, 0.2) is 0 Å². The molecule has 7 nitrogen and oxygen atoms in total. The van der Waals surface area contributed by atoms with Crippen molar-refractivity contribution in [2.24, 2.45) is 5.92 Å². The highest BCUT2D eigenvalue weighted by Gasteiger charge is 2.43. The first-order valence-electron chi connectivity index (χ1n) is 11.9. The van der Waals surface area contributed by atoms with Crippen molar-refractivity contribution in [2.75, 3.05) is 13.1 Å². The Morgan fingerprint density at radius 3 is 2.21 bits per heavy atom. The maximum absolute atomic E-state index is 13.3. The number of hydrogen-bond acceptors (Lipinski definition) is 4. The highest BCUT2D eigenvalue weighted by molar-refractivity contribution is 7.89. The van der Waals surface area contributed by atoms with Crippen molar-refractivity contribution in [3.63, 3.8) is 0 Å². The van der Waals surface area contributed by atoms with Gasteiger partial charge in [0, 0.05) is 31.6 Å². The third-order valence-electron chi connectivity index (χ3n) is 6.12. The Kier molecular flexibility index (Phi) is 8.49. The van der Waals surface area contributed by atoms with Crippen LogP contribution in [0, 0.1) is 5.92 Å². The molecule has 34 heavy (non-hydrogen) atoms. The molecular formula is C26H35N3O4S. The minimum absolute atomic E-state index is 0.0820. The molecule has 0 radical (unpaired) electrons. The summed E-state index contributed by atoms with van der Waals surface area (Å²) < 4.78 is 27.9. The maximum Gasteiger partial charge on any atom is 0.244 e. The Morgan fingerprint density at radius 2 is 1.62 bits per heavy atom. The van der Waals surface area contributed by atoms with Gasteiger partial charge in [-0.2, -0.15) is 4.31 Å². The van der Waals surface area contributed by atoms with Crippen LogP contribution in [0.15, 0.2) is 59.5 Å². The number of amides is 2. The second kappa shape index (κ2) is 11.1.